The number of halogens is 1. The average Bonchev–Trinajstić information content (AvgIpc) is 2.79. The van der Waals surface area contributed by atoms with Crippen LogP contribution in [0, 0.1) is 5.82 Å². The smallest absolute Gasteiger partial charge is 0.141 e. The lowest BCUT2D eigenvalue weighted by molar-refractivity contribution is 0.618. The van der Waals surface area contributed by atoms with Gasteiger partial charge >= 0.3 is 0 Å². The summed E-state index contributed by atoms with van der Waals surface area (Å²) in [5.41, 5.74) is 9.13. The van der Waals surface area contributed by atoms with Crippen molar-refractivity contribution in [3.63, 3.8) is 0 Å². The van der Waals surface area contributed by atoms with E-state index in [2.05, 4.69) is 23.4 Å². The first-order valence-electron chi connectivity index (χ1n) is 6.60. The molecule has 2 N–H and O–H groups in total. The highest BCUT2D eigenvalue weighted by atomic mass is 19.1. The maximum atomic E-state index is 13.5. The number of imidazole rings is 1. The third-order valence-corrected chi connectivity index (χ3v) is 3.35. The van der Waals surface area contributed by atoms with E-state index < -0.39 is 0 Å². The highest BCUT2D eigenvalue weighted by Gasteiger charge is 2.16. The van der Waals surface area contributed by atoms with Gasteiger partial charge in [-0.25, -0.2) is 9.37 Å². The minimum absolute atomic E-state index is 0.208. The van der Waals surface area contributed by atoms with Gasteiger partial charge in [-0.2, -0.15) is 0 Å². The summed E-state index contributed by atoms with van der Waals surface area (Å²) < 4.78 is 15.5. The molecule has 0 spiro atoms. The molecule has 0 saturated heterocycles. The average molecular weight is 269 g/mol. The van der Waals surface area contributed by atoms with Crippen LogP contribution in [0.15, 0.2) is 42.5 Å². The van der Waals surface area contributed by atoms with Crippen molar-refractivity contribution in [3.05, 3.63) is 48.3 Å². The van der Waals surface area contributed by atoms with Gasteiger partial charge in [-0.05, 0) is 38.1 Å². The molecule has 1 aromatic heterocycles. The molecule has 3 nitrogen and oxygen atoms in total. The van der Waals surface area contributed by atoms with Gasteiger partial charge in [-0.15, -0.1) is 0 Å². The van der Waals surface area contributed by atoms with Crippen molar-refractivity contribution in [2.75, 3.05) is 5.73 Å². The lowest BCUT2D eigenvalue weighted by Gasteiger charge is -2.13. The minimum Gasteiger partial charge on any atom is -0.397 e. The van der Waals surface area contributed by atoms with Crippen LogP contribution in [-0.2, 0) is 0 Å². The summed E-state index contributed by atoms with van der Waals surface area (Å²) in [7, 11) is 0. The second-order valence-electron chi connectivity index (χ2n) is 5.12. The van der Waals surface area contributed by atoms with Gasteiger partial charge in [0.2, 0.25) is 0 Å². The number of para-hydroxylation sites is 1. The fourth-order valence-electron chi connectivity index (χ4n) is 2.49. The zero-order chi connectivity index (χ0) is 14.3. The summed E-state index contributed by atoms with van der Waals surface area (Å²) in [5.74, 6) is 0.477. The van der Waals surface area contributed by atoms with Crippen molar-refractivity contribution >= 4 is 16.7 Å². The van der Waals surface area contributed by atoms with Gasteiger partial charge in [-0.3, -0.25) is 0 Å². The van der Waals surface area contributed by atoms with Gasteiger partial charge in [0.1, 0.15) is 17.2 Å². The Morgan fingerprint density at radius 2 is 1.90 bits per heavy atom. The largest absolute Gasteiger partial charge is 0.397 e. The molecule has 1 heterocycles. The van der Waals surface area contributed by atoms with E-state index in [-0.39, 0.29) is 11.9 Å². The summed E-state index contributed by atoms with van der Waals surface area (Å²) in [4.78, 5) is 4.62. The highest BCUT2D eigenvalue weighted by molar-refractivity contribution is 5.90. The SMILES string of the molecule is CC(C)n1c(-c2cccc(F)c2)nc2c(N)cccc21. The molecule has 0 atom stereocenters. The van der Waals surface area contributed by atoms with Crippen molar-refractivity contribution in [3.8, 4) is 11.4 Å². The summed E-state index contributed by atoms with van der Waals surface area (Å²) in [6.45, 7) is 4.15. The lowest BCUT2D eigenvalue weighted by Crippen LogP contribution is -2.03. The molecule has 3 aromatic rings. The van der Waals surface area contributed by atoms with Crippen LogP contribution in [0.1, 0.15) is 19.9 Å². The van der Waals surface area contributed by atoms with E-state index in [9.17, 15) is 4.39 Å². The molecule has 2 aromatic carbocycles. The first-order valence-corrected chi connectivity index (χ1v) is 6.60. The normalized spacial score (nSPS) is 11.4. The number of benzene rings is 2. The summed E-state index contributed by atoms with van der Waals surface area (Å²) in [5, 5.41) is 0. The maximum absolute atomic E-state index is 13.5. The van der Waals surface area contributed by atoms with E-state index in [4.69, 9.17) is 5.73 Å². The molecule has 0 aliphatic rings. The lowest BCUT2D eigenvalue weighted by atomic mass is 10.2. The Bertz CT molecular complexity index is 774. The monoisotopic (exact) mass is 269 g/mol. The molecule has 20 heavy (non-hydrogen) atoms. The number of hydrogen-bond acceptors (Lipinski definition) is 2. The number of nitrogens with zero attached hydrogens (tertiary/aromatic N) is 2. The van der Waals surface area contributed by atoms with Crippen LogP contribution in [0.25, 0.3) is 22.4 Å². The summed E-state index contributed by atoms with van der Waals surface area (Å²) in [6, 6.07) is 12.4. The molecule has 102 valence electrons. The van der Waals surface area contributed by atoms with Gasteiger partial charge < -0.3 is 10.3 Å². The third-order valence-electron chi connectivity index (χ3n) is 3.35. The van der Waals surface area contributed by atoms with Crippen molar-refractivity contribution in [2.24, 2.45) is 0 Å². The Labute approximate surface area is 116 Å². The zero-order valence-corrected chi connectivity index (χ0v) is 11.5. The van der Waals surface area contributed by atoms with Crippen molar-refractivity contribution < 1.29 is 4.39 Å². The van der Waals surface area contributed by atoms with Crippen LogP contribution in [0.2, 0.25) is 0 Å². The quantitative estimate of drug-likeness (QED) is 0.714. The molecule has 4 heteroatoms. The molecule has 0 radical (unpaired) electrons. The van der Waals surface area contributed by atoms with Crippen LogP contribution in [0.4, 0.5) is 10.1 Å². The summed E-state index contributed by atoms with van der Waals surface area (Å²) >= 11 is 0. The number of hydrogen-bond donors (Lipinski definition) is 1. The van der Waals surface area contributed by atoms with Crippen LogP contribution < -0.4 is 5.73 Å². The Morgan fingerprint density at radius 3 is 2.60 bits per heavy atom. The number of aromatic nitrogens is 2. The van der Waals surface area contributed by atoms with E-state index in [1.165, 1.54) is 12.1 Å². The minimum atomic E-state index is -0.266. The van der Waals surface area contributed by atoms with Gasteiger partial charge in [0.15, 0.2) is 0 Å². The fourth-order valence-corrected chi connectivity index (χ4v) is 2.49. The molecule has 0 unspecified atom stereocenters. The summed E-state index contributed by atoms with van der Waals surface area (Å²) in [6.07, 6.45) is 0. The first kappa shape index (κ1) is 12.7. The Kier molecular flexibility index (Phi) is 2.93. The van der Waals surface area contributed by atoms with Crippen LogP contribution >= 0.6 is 0 Å². The van der Waals surface area contributed by atoms with Gasteiger partial charge in [0.25, 0.3) is 0 Å². The van der Waals surface area contributed by atoms with Crippen molar-refractivity contribution in [1.82, 2.24) is 9.55 Å². The number of fused-ring (bicyclic) bond motifs is 1. The molecule has 0 aliphatic carbocycles. The Morgan fingerprint density at radius 1 is 1.15 bits per heavy atom. The highest BCUT2D eigenvalue weighted by Crippen LogP contribution is 2.30. The van der Waals surface area contributed by atoms with Crippen LogP contribution in [0.3, 0.4) is 0 Å². The molecule has 3 rings (SSSR count). The second kappa shape index (κ2) is 4.63. The van der Waals surface area contributed by atoms with E-state index in [0.29, 0.717) is 5.69 Å². The van der Waals surface area contributed by atoms with Crippen LogP contribution in [0.5, 0.6) is 0 Å². The predicted octanol–water partition coefficient (Wildman–Crippen LogP) is 4.01. The number of nitrogen functional groups attached to an aromatic ring is 1. The van der Waals surface area contributed by atoms with E-state index in [1.54, 1.807) is 6.07 Å². The van der Waals surface area contributed by atoms with E-state index in [0.717, 1.165) is 22.4 Å². The Hall–Kier alpha value is -2.36. The fraction of sp³-hybridized carbons (Fsp3) is 0.188. The molecule has 0 aliphatic heterocycles. The van der Waals surface area contributed by atoms with Gasteiger partial charge in [-0.1, -0.05) is 18.2 Å². The molecule has 0 fully saturated rings. The van der Waals surface area contributed by atoms with Crippen LogP contribution in [-0.4, -0.2) is 9.55 Å². The third kappa shape index (κ3) is 1.93. The Balaban J connectivity index is 2.35. The van der Waals surface area contributed by atoms with Crippen molar-refractivity contribution in [1.29, 1.82) is 0 Å². The maximum Gasteiger partial charge on any atom is 0.141 e. The molecule has 0 bridgehead atoms. The number of anilines is 1. The van der Waals surface area contributed by atoms with Gasteiger partial charge in [0.05, 0.1) is 11.2 Å². The number of nitrogens with two attached hydrogens (primary N) is 1. The molecular formula is C16H16FN3. The zero-order valence-electron chi connectivity index (χ0n) is 11.5. The predicted molar refractivity (Wildman–Crippen MR) is 79.9 cm³/mol. The van der Waals surface area contributed by atoms with E-state index >= 15 is 0 Å². The standard InChI is InChI=1S/C16H16FN3/c1-10(2)20-14-8-4-7-13(18)15(14)19-16(20)11-5-3-6-12(17)9-11/h3-10H,18H2,1-2H3. The van der Waals surface area contributed by atoms with Crippen molar-refractivity contribution in [2.45, 2.75) is 19.9 Å². The molecular weight excluding hydrogens is 253 g/mol. The topological polar surface area (TPSA) is 43.8 Å². The first-order chi connectivity index (χ1) is 9.58. The second-order valence-corrected chi connectivity index (χ2v) is 5.12. The number of rotatable bonds is 2. The molecule has 0 saturated carbocycles. The van der Waals surface area contributed by atoms with Gasteiger partial charge in [0, 0.05) is 11.6 Å². The molecule has 0 amide bonds. The van der Waals surface area contributed by atoms with E-state index in [1.807, 2.05) is 24.3 Å².